The van der Waals surface area contributed by atoms with E-state index >= 15 is 0 Å². The van der Waals surface area contributed by atoms with Crippen molar-refractivity contribution in [3.8, 4) is 5.75 Å². The zero-order chi connectivity index (χ0) is 14.5. The number of aromatic nitrogens is 2. The molecule has 0 saturated carbocycles. The second-order valence-electron chi connectivity index (χ2n) is 3.68. The summed E-state index contributed by atoms with van der Waals surface area (Å²) in [6.07, 6.45) is 3.38. The van der Waals surface area contributed by atoms with E-state index in [-0.39, 0.29) is 5.28 Å². The highest BCUT2D eigenvalue weighted by Gasteiger charge is 2.09. The molecule has 1 aromatic heterocycles. The molecule has 0 saturated heterocycles. The third-order valence-corrected chi connectivity index (χ3v) is 3.29. The largest absolute Gasteiger partial charge is 0.497 e. The van der Waals surface area contributed by atoms with Crippen LogP contribution < -0.4 is 14.8 Å². The molecule has 0 unspecified atom stereocenters. The molecule has 0 aliphatic heterocycles. The Morgan fingerprint density at radius 2 is 2.05 bits per heavy atom. The van der Waals surface area contributed by atoms with Gasteiger partial charge < -0.3 is 14.8 Å². The Bertz CT molecular complexity index is 612. The van der Waals surface area contributed by atoms with Gasteiger partial charge in [-0.2, -0.15) is 4.98 Å². The van der Waals surface area contributed by atoms with Crippen molar-refractivity contribution in [2.75, 3.05) is 23.4 Å². The fourth-order valence-electron chi connectivity index (χ4n) is 1.51. The van der Waals surface area contributed by atoms with Gasteiger partial charge in [-0.25, -0.2) is 4.98 Å². The van der Waals surface area contributed by atoms with Crippen LogP contribution in [0.3, 0.4) is 0 Å². The molecule has 0 bridgehead atoms. The van der Waals surface area contributed by atoms with Gasteiger partial charge in [-0.3, -0.25) is 0 Å². The monoisotopic (exact) mass is 330 g/mol. The third kappa shape index (κ3) is 3.59. The van der Waals surface area contributed by atoms with Gasteiger partial charge in [0.15, 0.2) is 5.82 Å². The highest BCUT2D eigenvalue weighted by molar-refractivity contribution is 7.99. The Morgan fingerprint density at radius 3 is 2.75 bits per heavy atom. The summed E-state index contributed by atoms with van der Waals surface area (Å²) in [6, 6.07) is 5.57. The van der Waals surface area contributed by atoms with Gasteiger partial charge in [0.2, 0.25) is 5.28 Å². The van der Waals surface area contributed by atoms with Crippen LogP contribution in [0.5, 0.6) is 5.75 Å². The van der Waals surface area contributed by atoms with Gasteiger partial charge in [0, 0.05) is 12.3 Å². The molecular weight excluding hydrogens is 319 g/mol. The van der Waals surface area contributed by atoms with E-state index in [1.165, 1.54) is 18.1 Å². The molecule has 2 N–H and O–H groups in total. The molecule has 20 heavy (non-hydrogen) atoms. The smallest absolute Gasteiger partial charge is 0.224 e. The summed E-state index contributed by atoms with van der Waals surface area (Å²) in [4.78, 5) is 7.87. The van der Waals surface area contributed by atoms with E-state index in [1.807, 2.05) is 24.5 Å². The number of hydrogen-bond acceptors (Lipinski definition) is 6. The van der Waals surface area contributed by atoms with Crippen LogP contribution in [0.1, 0.15) is 0 Å². The maximum atomic E-state index is 6.04. The molecule has 0 atom stereocenters. The van der Waals surface area contributed by atoms with Gasteiger partial charge in [0.05, 0.1) is 24.7 Å². The number of rotatable bonds is 5. The summed E-state index contributed by atoms with van der Waals surface area (Å²) in [6.45, 7) is 0. The van der Waals surface area contributed by atoms with Gasteiger partial charge in [-0.1, -0.05) is 23.5 Å². The van der Waals surface area contributed by atoms with Gasteiger partial charge in [0.25, 0.3) is 0 Å². The molecular formula is C12H12Cl2N4OS. The van der Waals surface area contributed by atoms with Crippen molar-refractivity contribution < 1.29 is 4.74 Å². The summed E-state index contributed by atoms with van der Waals surface area (Å²) in [5, 5.41) is 3.64. The Kier molecular flexibility index (Phi) is 5.17. The van der Waals surface area contributed by atoms with Crippen molar-refractivity contribution in [3.63, 3.8) is 0 Å². The fraction of sp³-hybridized carbons (Fsp3) is 0.167. The standard InChI is InChI=1S/C12H12Cl2N4OS/c1-19-7-3-4-9(10(5-7)18-20-2)16-11-8(13)6-15-12(14)17-11/h3-6,18H,1-2H3,(H,15,16,17). The van der Waals surface area contributed by atoms with Crippen LogP contribution in [0.2, 0.25) is 10.3 Å². The molecule has 1 aromatic carbocycles. The zero-order valence-corrected chi connectivity index (χ0v) is 13.1. The number of hydrogen-bond donors (Lipinski definition) is 2. The van der Waals surface area contributed by atoms with E-state index in [0.717, 1.165) is 17.1 Å². The highest BCUT2D eigenvalue weighted by atomic mass is 35.5. The molecule has 0 radical (unpaired) electrons. The summed E-state index contributed by atoms with van der Waals surface area (Å²) in [5.41, 5.74) is 1.65. The number of halogens is 2. The first-order chi connectivity index (χ1) is 9.63. The maximum absolute atomic E-state index is 6.04. The number of benzene rings is 1. The van der Waals surface area contributed by atoms with Crippen LogP contribution in [-0.2, 0) is 0 Å². The third-order valence-electron chi connectivity index (χ3n) is 2.41. The molecule has 2 aromatic rings. The molecule has 8 heteroatoms. The van der Waals surface area contributed by atoms with Crippen molar-refractivity contribution in [1.29, 1.82) is 0 Å². The van der Waals surface area contributed by atoms with Gasteiger partial charge >= 0.3 is 0 Å². The van der Waals surface area contributed by atoms with Crippen LogP contribution in [0.15, 0.2) is 24.4 Å². The summed E-state index contributed by atoms with van der Waals surface area (Å²) >= 11 is 13.3. The molecule has 0 aliphatic carbocycles. The summed E-state index contributed by atoms with van der Waals surface area (Å²) in [5.74, 6) is 1.19. The summed E-state index contributed by atoms with van der Waals surface area (Å²) in [7, 11) is 1.62. The van der Waals surface area contributed by atoms with Crippen molar-refractivity contribution in [2.24, 2.45) is 0 Å². The van der Waals surface area contributed by atoms with Crippen LogP contribution >= 0.6 is 35.1 Å². The minimum absolute atomic E-state index is 0.129. The first-order valence-electron chi connectivity index (χ1n) is 5.56. The average Bonchev–Trinajstić information content (AvgIpc) is 2.45. The highest BCUT2D eigenvalue weighted by Crippen LogP contribution is 2.32. The molecule has 0 amide bonds. The number of nitrogens with one attached hydrogen (secondary N) is 2. The molecule has 1 heterocycles. The van der Waals surface area contributed by atoms with Crippen molar-refractivity contribution in [2.45, 2.75) is 0 Å². The topological polar surface area (TPSA) is 59.1 Å². The minimum Gasteiger partial charge on any atom is -0.497 e. The first kappa shape index (κ1) is 15.0. The van der Waals surface area contributed by atoms with Gasteiger partial charge in [0.1, 0.15) is 10.8 Å². The number of ether oxygens (including phenoxy) is 1. The van der Waals surface area contributed by atoms with E-state index in [4.69, 9.17) is 27.9 Å². The van der Waals surface area contributed by atoms with Crippen LogP contribution in [-0.4, -0.2) is 23.3 Å². The van der Waals surface area contributed by atoms with E-state index in [2.05, 4.69) is 20.0 Å². The summed E-state index contributed by atoms with van der Waals surface area (Å²) < 4.78 is 8.36. The number of nitrogens with zero attached hydrogens (tertiary/aromatic N) is 2. The lowest BCUT2D eigenvalue weighted by Gasteiger charge is -2.14. The normalized spacial score (nSPS) is 10.2. The van der Waals surface area contributed by atoms with Crippen LogP contribution in [0.25, 0.3) is 0 Å². The van der Waals surface area contributed by atoms with E-state index < -0.39 is 0 Å². The average molecular weight is 331 g/mol. The second kappa shape index (κ2) is 6.88. The van der Waals surface area contributed by atoms with Crippen molar-refractivity contribution in [1.82, 2.24) is 9.97 Å². The minimum atomic E-state index is 0.129. The number of methoxy groups -OCH3 is 1. The van der Waals surface area contributed by atoms with E-state index in [0.29, 0.717) is 10.8 Å². The Hall–Kier alpha value is -1.37. The molecule has 0 fully saturated rings. The molecule has 0 aliphatic rings. The first-order valence-corrected chi connectivity index (χ1v) is 7.54. The molecule has 0 spiro atoms. The van der Waals surface area contributed by atoms with E-state index in [1.54, 1.807) is 7.11 Å². The lowest BCUT2D eigenvalue weighted by Crippen LogP contribution is -2.00. The van der Waals surface area contributed by atoms with Crippen molar-refractivity contribution in [3.05, 3.63) is 34.7 Å². The molecule has 106 valence electrons. The number of anilines is 3. The van der Waals surface area contributed by atoms with Crippen LogP contribution in [0, 0.1) is 0 Å². The maximum Gasteiger partial charge on any atom is 0.224 e. The Morgan fingerprint density at radius 1 is 1.25 bits per heavy atom. The van der Waals surface area contributed by atoms with E-state index in [9.17, 15) is 0 Å². The lowest BCUT2D eigenvalue weighted by molar-refractivity contribution is 0.415. The molecule has 2 rings (SSSR count). The SMILES string of the molecule is COc1ccc(Nc2nc(Cl)ncc2Cl)c(NSC)c1. The van der Waals surface area contributed by atoms with Gasteiger partial charge in [-0.05, 0) is 23.7 Å². The Balaban J connectivity index is 2.34. The second-order valence-corrected chi connectivity index (χ2v) is 5.04. The lowest BCUT2D eigenvalue weighted by atomic mass is 10.2. The predicted octanol–water partition coefficient (Wildman–Crippen LogP) is 4.23. The van der Waals surface area contributed by atoms with Crippen LogP contribution in [0.4, 0.5) is 17.2 Å². The molecule has 5 nitrogen and oxygen atoms in total. The van der Waals surface area contributed by atoms with Crippen molar-refractivity contribution >= 4 is 52.3 Å². The fourth-order valence-corrected chi connectivity index (χ4v) is 2.17. The Labute approximate surface area is 131 Å². The predicted molar refractivity (Wildman–Crippen MR) is 85.5 cm³/mol. The quantitative estimate of drug-likeness (QED) is 0.632. The zero-order valence-electron chi connectivity index (χ0n) is 10.8. The van der Waals surface area contributed by atoms with Gasteiger partial charge in [-0.15, -0.1) is 0 Å².